The van der Waals surface area contributed by atoms with Gasteiger partial charge in [0.2, 0.25) is 11.8 Å². The van der Waals surface area contributed by atoms with Crippen molar-refractivity contribution in [1.29, 1.82) is 0 Å². The van der Waals surface area contributed by atoms with E-state index in [9.17, 15) is 24.3 Å². The van der Waals surface area contributed by atoms with Crippen LogP contribution < -0.4 is 10.6 Å². The summed E-state index contributed by atoms with van der Waals surface area (Å²) in [6, 6.07) is 22.1. The minimum atomic E-state index is -1.21. The van der Waals surface area contributed by atoms with E-state index >= 15 is 0 Å². The Bertz CT molecular complexity index is 1690. The number of rotatable bonds is 7. The van der Waals surface area contributed by atoms with Crippen molar-refractivity contribution in [2.45, 2.75) is 58.2 Å². The zero-order chi connectivity index (χ0) is 31.6. The predicted molar refractivity (Wildman–Crippen MR) is 170 cm³/mol. The van der Waals surface area contributed by atoms with Crippen molar-refractivity contribution in [3.8, 4) is 11.3 Å². The normalized spacial score (nSPS) is 15.5. The molecule has 4 amide bonds. The number of fused-ring (bicyclic) bond motifs is 1. The minimum absolute atomic E-state index is 0.133. The van der Waals surface area contributed by atoms with Gasteiger partial charge in [0, 0.05) is 47.0 Å². The van der Waals surface area contributed by atoms with Crippen molar-refractivity contribution >= 4 is 46.1 Å². The maximum Gasteiger partial charge on any atom is 0.408 e. The number of likely N-dealkylation sites (tertiary alicyclic amines) is 1. The number of aromatic amines is 1. The average molecular weight is 596 g/mol. The Morgan fingerprint density at radius 3 is 2.25 bits per heavy atom. The third-order valence-electron chi connectivity index (χ3n) is 7.78. The van der Waals surface area contributed by atoms with E-state index in [-0.39, 0.29) is 11.8 Å². The summed E-state index contributed by atoms with van der Waals surface area (Å²) in [7, 11) is 0. The Morgan fingerprint density at radius 1 is 0.932 bits per heavy atom. The highest BCUT2D eigenvalue weighted by Crippen LogP contribution is 2.33. The summed E-state index contributed by atoms with van der Waals surface area (Å²) in [6.45, 7) is 7.08. The van der Waals surface area contributed by atoms with E-state index in [1.54, 1.807) is 57.2 Å². The van der Waals surface area contributed by atoms with Crippen molar-refractivity contribution in [3.05, 3.63) is 84.4 Å². The predicted octanol–water partition coefficient (Wildman–Crippen LogP) is 6.24. The Hall–Kier alpha value is -5.12. The van der Waals surface area contributed by atoms with Crippen molar-refractivity contribution in [2.75, 3.05) is 17.2 Å². The van der Waals surface area contributed by atoms with Gasteiger partial charge in [-0.2, -0.15) is 0 Å². The van der Waals surface area contributed by atoms with Crippen molar-refractivity contribution in [3.63, 3.8) is 0 Å². The van der Waals surface area contributed by atoms with Gasteiger partial charge in [-0.1, -0.05) is 42.5 Å². The summed E-state index contributed by atoms with van der Waals surface area (Å²) in [5, 5.41) is 16.8. The molecule has 2 atom stereocenters. The number of amides is 4. The molecule has 1 fully saturated rings. The van der Waals surface area contributed by atoms with E-state index in [0.29, 0.717) is 30.6 Å². The Morgan fingerprint density at radius 2 is 1.61 bits per heavy atom. The van der Waals surface area contributed by atoms with Crippen molar-refractivity contribution < 1.29 is 24.3 Å². The first kappa shape index (κ1) is 30.3. The van der Waals surface area contributed by atoms with Gasteiger partial charge in [0.25, 0.3) is 5.91 Å². The Kier molecular flexibility index (Phi) is 8.44. The number of benzene rings is 3. The Balaban J connectivity index is 1.33. The maximum absolute atomic E-state index is 14.1. The number of nitrogens with one attached hydrogen (secondary N) is 3. The number of anilines is 2. The van der Waals surface area contributed by atoms with Gasteiger partial charge in [0.15, 0.2) is 0 Å². The first-order valence-electron chi connectivity index (χ1n) is 14.6. The molecule has 4 aromatic rings. The third-order valence-corrected chi connectivity index (χ3v) is 7.78. The van der Waals surface area contributed by atoms with Crippen LogP contribution in [0.5, 0.6) is 0 Å². The van der Waals surface area contributed by atoms with Crippen LogP contribution >= 0.6 is 0 Å². The van der Waals surface area contributed by atoms with E-state index in [0.717, 1.165) is 27.8 Å². The quantitative estimate of drug-likeness (QED) is 0.201. The van der Waals surface area contributed by atoms with Crippen LogP contribution in [-0.2, 0) is 14.4 Å². The number of hydrogen-bond donors (Lipinski definition) is 4. The molecule has 1 saturated heterocycles. The second-order valence-corrected chi connectivity index (χ2v) is 12.1. The second-order valence-electron chi connectivity index (χ2n) is 12.1. The van der Waals surface area contributed by atoms with Crippen LogP contribution in [0.4, 0.5) is 16.2 Å². The average Bonchev–Trinajstić information content (AvgIpc) is 3.63. The number of H-pyrrole nitrogens is 1. The van der Waals surface area contributed by atoms with Gasteiger partial charge in [-0.25, -0.2) is 4.79 Å². The minimum Gasteiger partial charge on any atom is -0.465 e. The monoisotopic (exact) mass is 595 g/mol. The van der Waals surface area contributed by atoms with Crippen LogP contribution in [0, 0.1) is 0 Å². The molecule has 1 aliphatic rings. The summed E-state index contributed by atoms with van der Waals surface area (Å²) < 4.78 is 0. The van der Waals surface area contributed by atoms with E-state index in [4.69, 9.17) is 0 Å². The second kappa shape index (κ2) is 12.2. The van der Waals surface area contributed by atoms with Gasteiger partial charge in [-0.3, -0.25) is 19.3 Å². The lowest BCUT2D eigenvalue weighted by molar-refractivity contribution is -0.142. The van der Waals surface area contributed by atoms with Crippen LogP contribution in [0.1, 0.15) is 52.1 Å². The molecule has 0 saturated carbocycles. The van der Waals surface area contributed by atoms with Crippen LogP contribution in [0.3, 0.4) is 0 Å². The van der Waals surface area contributed by atoms with Crippen LogP contribution in [-0.4, -0.2) is 61.8 Å². The van der Waals surface area contributed by atoms with E-state index in [1.165, 1.54) is 16.7 Å². The number of carboxylic acid groups (broad SMARTS) is 1. The summed E-state index contributed by atoms with van der Waals surface area (Å²) in [6.07, 6.45) is -0.0882. The summed E-state index contributed by atoms with van der Waals surface area (Å²) in [5.41, 5.74) is 3.73. The maximum atomic E-state index is 14.1. The molecule has 1 aromatic heterocycles. The van der Waals surface area contributed by atoms with Crippen LogP contribution in [0.15, 0.2) is 78.9 Å². The summed E-state index contributed by atoms with van der Waals surface area (Å²) in [5.74, 6) is -0.864. The van der Waals surface area contributed by atoms with Crippen LogP contribution in [0.25, 0.3) is 22.2 Å². The number of nitrogens with zero attached hydrogens (tertiary/aromatic N) is 2. The fourth-order valence-electron chi connectivity index (χ4n) is 5.81. The number of aromatic nitrogens is 1. The summed E-state index contributed by atoms with van der Waals surface area (Å²) in [4.78, 5) is 57.5. The highest BCUT2D eigenvalue weighted by Gasteiger charge is 2.44. The highest BCUT2D eigenvalue weighted by molar-refractivity contribution is 5.99. The first-order chi connectivity index (χ1) is 20.9. The van der Waals surface area contributed by atoms with Gasteiger partial charge < -0.3 is 25.6 Å². The molecule has 0 bridgehead atoms. The molecule has 0 radical (unpaired) electrons. The molecule has 0 unspecified atom stereocenters. The van der Waals surface area contributed by atoms with Gasteiger partial charge in [0.05, 0.1) is 0 Å². The number of carbonyl (C=O) groups excluding carboxylic acids is 3. The molecule has 0 aliphatic carbocycles. The molecule has 1 aliphatic heterocycles. The topological polar surface area (TPSA) is 135 Å². The molecule has 5 rings (SSSR count). The largest absolute Gasteiger partial charge is 0.465 e. The zero-order valence-corrected chi connectivity index (χ0v) is 25.3. The van der Waals surface area contributed by atoms with E-state index in [1.807, 2.05) is 42.5 Å². The van der Waals surface area contributed by atoms with Crippen LogP contribution in [0.2, 0.25) is 0 Å². The fourth-order valence-corrected chi connectivity index (χ4v) is 5.81. The lowest BCUT2D eigenvalue weighted by Gasteiger charge is -2.41. The van der Waals surface area contributed by atoms with Gasteiger partial charge >= 0.3 is 6.09 Å². The SMILES string of the molecule is CC(=O)Nc1ccc2[nH]c(-c3ccc(NC(=O)[C@@H]4CCCN4C(=O)[C@@H](c4ccccc4)N(C(=O)O)C(C)(C)C)cc3)cc2c1. The highest BCUT2D eigenvalue weighted by atomic mass is 16.4. The molecular formula is C34H37N5O5. The molecule has 2 heterocycles. The zero-order valence-electron chi connectivity index (χ0n) is 25.3. The lowest BCUT2D eigenvalue weighted by Crippen LogP contribution is -2.54. The summed E-state index contributed by atoms with van der Waals surface area (Å²) >= 11 is 0. The Labute approximate surface area is 256 Å². The fraction of sp³-hybridized carbons (Fsp3) is 0.294. The molecule has 10 heteroatoms. The number of carbonyl (C=O) groups is 4. The molecule has 10 nitrogen and oxygen atoms in total. The van der Waals surface area contributed by atoms with Gasteiger partial charge in [-0.05, 0) is 81.1 Å². The van der Waals surface area contributed by atoms with Crippen molar-refractivity contribution in [2.24, 2.45) is 0 Å². The number of hydrogen-bond acceptors (Lipinski definition) is 4. The molecule has 228 valence electrons. The smallest absolute Gasteiger partial charge is 0.408 e. The molecule has 4 N–H and O–H groups in total. The molecular weight excluding hydrogens is 558 g/mol. The standard InChI is InChI=1S/C34H37N5O5/c1-21(40)35-26-16-17-27-24(19-26)20-28(37-27)22-12-14-25(15-13-22)36-31(41)29-11-8-18-38(29)32(42)30(23-9-6-5-7-10-23)39(33(43)44)34(2,3)4/h5-7,9-10,12-17,19-20,29-30,37H,8,11,18H2,1-4H3,(H,35,40)(H,36,41)(H,43,44)/t29-,30+/m0/s1. The third kappa shape index (κ3) is 6.44. The van der Waals surface area contributed by atoms with E-state index < -0.39 is 29.6 Å². The first-order valence-corrected chi connectivity index (χ1v) is 14.6. The van der Waals surface area contributed by atoms with Gasteiger partial charge in [-0.15, -0.1) is 0 Å². The lowest BCUT2D eigenvalue weighted by atomic mass is 9.97. The van der Waals surface area contributed by atoms with Crippen molar-refractivity contribution in [1.82, 2.24) is 14.8 Å². The molecule has 0 spiro atoms. The molecule has 44 heavy (non-hydrogen) atoms. The van der Waals surface area contributed by atoms with E-state index in [2.05, 4.69) is 15.6 Å². The molecule has 3 aromatic carbocycles. The van der Waals surface area contributed by atoms with Gasteiger partial charge in [0.1, 0.15) is 12.1 Å².